The van der Waals surface area contributed by atoms with E-state index in [0.29, 0.717) is 10.4 Å². The van der Waals surface area contributed by atoms with Gasteiger partial charge in [0.05, 0.1) is 0 Å². The Labute approximate surface area is 112 Å². The number of sulfonamides is 1. The Morgan fingerprint density at radius 1 is 1.47 bits per heavy atom. The smallest absolute Gasteiger partial charge is 0.326 e. The summed E-state index contributed by atoms with van der Waals surface area (Å²) in [5, 5.41) is 1.57. The van der Waals surface area contributed by atoms with Crippen LogP contribution in [0.3, 0.4) is 0 Å². The Balaban J connectivity index is 2.37. The van der Waals surface area contributed by atoms with Crippen LogP contribution in [-0.4, -0.2) is 20.1 Å². The molecule has 3 N–H and O–H groups in total. The predicted molar refractivity (Wildman–Crippen MR) is 65.3 cm³/mol. The van der Waals surface area contributed by atoms with E-state index in [-0.39, 0.29) is 24.3 Å². The summed E-state index contributed by atoms with van der Waals surface area (Å²) in [5.74, 6) is 0. The number of nitrogens with two attached hydrogens (primary N) is 1. The molecule has 1 aromatic heterocycles. The number of nitrogens with one attached hydrogen (secondary N) is 1. The molecule has 9 heteroatoms. The van der Waals surface area contributed by atoms with Crippen LogP contribution < -0.4 is 10.5 Å². The molecule has 0 aromatic carbocycles. The van der Waals surface area contributed by atoms with Crippen LogP contribution in [-0.2, 0) is 16.6 Å². The monoisotopic (exact) mass is 314 g/mol. The molecule has 0 spiro atoms. The van der Waals surface area contributed by atoms with Gasteiger partial charge in [-0.1, -0.05) is 0 Å². The summed E-state index contributed by atoms with van der Waals surface area (Å²) in [6.07, 6.45) is -5.03. The minimum absolute atomic E-state index is 0.0201. The third-order valence-electron chi connectivity index (χ3n) is 3.07. The molecule has 2 rings (SSSR count). The molecule has 4 nitrogen and oxygen atoms in total. The first-order valence-corrected chi connectivity index (χ1v) is 7.87. The van der Waals surface area contributed by atoms with Crippen molar-refractivity contribution in [2.75, 3.05) is 0 Å². The van der Waals surface area contributed by atoms with Crippen molar-refractivity contribution in [2.24, 2.45) is 5.73 Å². The van der Waals surface area contributed by atoms with Gasteiger partial charge in [-0.2, -0.15) is 17.9 Å². The molecule has 1 heterocycles. The Bertz CT molecular complexity index is 588. The molecule has 0 atom stereocenters. The number of rotatable bonds is 4. The minimum Gasteiger partial charge on any atom is -0.326 e. The van der Waals surface area contributed by atoms with Gasteiger partial charge in [0.1, 0.15) is 10.4 Å². The Hall–Kier alpha value is -0.640. The minimum atomic E-state index is -4.58. The first-order chi connectivity index (χ1) is 8.63. The lowest BCUT2D eigenvalue weighted by molar-refractivity contribution is -0.160. The molecule has 0 unspecified atom stereocenters. The maximum atomic E-state index is 12.8. The number of hydrogen-bond acceptors (Lipinski definition) is 4. The highest BCUT2D eigenvalue weighted by Crippen LogP contribution is 2.50. The fourth-order valence-corrected chi connectivity index (χ4v) is 5.02. The highest BCUT2D eigenvalue weighted by molar-refractivity contribution is 7.89. The van der Waals surface area contributed by atoms with Gasteiger partial charge in [0, 0.05) is 11.4 Å². The maximum absolute atomic E-state index is 12.8. The summed E-state index contributed by atoms with van der Waals surface area (Å²) in [5.41, 5.74) is 3.54. The van der Waals surface area contributed by atoms with Crippen molar-refractivity contribution in [3.63, 3.8) is 0 Å². The van der Waals surface area contributed by atoms with Gasteiger partial charge < -0.3 is 5.73 Å². The van der Waals surface area contributed by atoms with E-state index in [2.05, 4.69) is 0 Å². The molecular formula is C10H13F3N2O2S2. The first-order valence-electron chi connectivity index (χ1n) is 5.51. The van der Waals surface area contributed by atoms with Crippen molar-refractivity contribution < 1.29 is 21.6 Å². The van der Waals surface area contributed by atoms with Gasteiger partial charge in [-0.25, -0.2) is 8.42 Å². The lowest BCUT2D eigenvalue weighted by Gasteiger charge is -2.21. The predicted octanol–water partition coefficient (Wildman–Crippen LogP) is 1.89. The zero-order chi connectivity index (χ0) is 14.5. The molecule has 0 aliphatic heterocycles. The van der Waals surface area contributed by atoms with E-state index in [9.17, 15) is 21.6 Å². The SMILES string of the molecule is Cc1csc(CN)c1S(=O)(=O)NC1(C(F)(F)F)CC1. The Morgan fingerprint density at radius 3 is 2.47 bits per heavy atom. The van der Waals surface area contributed by atoms with Crippen molar-refractivity contribution in [1.29, 1.82) is 0 Å². The van der Waals surface area contributed by atoms with Crippen LogP contribution in [0.5, 0.6) is 0 Å². The Kier molecular flexibility index (Phi) is 3.45. The van der Waals surface area contributed by atoms with Crippen molar-refractivity contribution in [2.45, 2.75) is 42.9 Å². The fourth-order valence-electron chi connectivity index (χ4n) is 1.87. The quantitative estimate of drug-likeness (QED) is 0.891. The largest absolute Gasteiger partial charge is 0.407 e. The van der Waals surface area contributed by atoms with Gasteiger partial charge in [-0.15, -0.1) is 11.3 Å². The van der Waals surface area contributed by atoms with Gasteiger partial charge >= 0.3 is 6.18 Å². The molecule has 1 aliphatic carbocycles. The van der Waals surface area contributed by atoms with Gasteiger partial charge in [0.25, 0.3) is 0 Å². The summed E-state index contributed by atoms with van der Waals surface area (Å²) in [7, 11) is -4.21. The van der Waals surface area contributed by atoms with Gasteiger partial charge in [0.15, 0.2) is 0 Å². The maximum Gasteiger partial charge on any atom is 0.407 e. The summed E-state index contributed by atoms with van der Waals surface area (Å²) in [4.78, 5) is 0.249. The second-order valence-electron chi connectivity index (χ2n) is 4.56. The molecule has 1 saturated carbocycles. The average molecular weight is 314 g/mol. The van der Waals surface area contributed by atoms with Crippen molar-refractivity contribution in [1.82, 2.24) is 4.72 Å². The number of aryl methyl sites for hydroxylation is 1. The summed E-state index contributed by atoms with van der Waals surface area (Å²) >= 11 is 1.13. The third-order valence-corrected chi connectivity index (χ3v) is 6.09. The van der Waals surface area contributed by atoms with Crippen LogP contribution in [0.1, 0.15) is 23.3 Å². The molecule has 1 aromatic rings. The molecule has 19 heavy (non-hydrogen) atoms. The van der Waals surface area contributed by atoms with Gasteiger partial charge in [-0.3, -0.25) is 0 Å². The number of hydrogen-bond donors (Lipinski definition) is 2. The van der Waals surface area contributed by atoms with Crippen LogP contribution in [0.2, 0.25) is 0 Å². The molecule has 1 fully saturated rings. The summed E-state index contributed by atoms with van der Waals surface area (Å²) in [6, 6.07) is 0. The number of alkyl halides is 3. The fraction of sp³-hybridized carbons (Fsp3) is 0.600. The van der Waals surface area contributed by atoms with Crippen molar-refractivity contribution in [3.8, 4) is 0 Å². The topological polar surface area (TPSA) is 72.2 Å². The van der Waals surface area contributed by atoms with Crippen LogP contribution in [0, 0.1) is 6.92 Å². The lowest BCUT2D eigenvalue weighted by Crippen LogP contribution is -2.47. The number of thiophene rings is 1. The van der Waals surface area contributed by atoms with Gasteiger partial charge in [0.2, 0.25) is 10.0 Å². The van der Waals surface area contributed by atoms with E-state index in [1.54, 1.807) is 10.1 Å². The van der Waals surface area contributed by atoms with Gasteiger partial charge in [-0.05, 0) is 30.7 Å². The molecule has 1 aliphatic rings. The second-order valence-corrected chi connectivity index (χ2v) is 7.14. The van der Waals surface area contributed by atoms with Crippen LogP contribution in [0.25, 0.3) is 0 Å². The number of halogens is 3. The molecule has 0 saturated heterocycles. The van der Waals surface area contributed by atoms with E-state index in [0.717, 1.165) is 11.3 Å². The summed E-state index contributed by atoms with van der Waals surface area (Å²) in [6.45, 7) is 1.52. The highest BCUT2D eigenvalue weighted by atomic mass is 32.2. The van der Waals surface area contributed by atoms with E-state index < -0.39 is 21.7 Å². The summed E-state index contributed by atoms with van der Waals surface area (Å²) < 4.78 is 64.5. The highest BCUT2D eigenvalue weighted by Gasteiger charge is 2.65. The molecule has 0 radical (unpaired) electrons. The Morgan fingerprint density at radius 2 is 2.05 bits per heavy atom. The van der Waals surface area contributed by atoms with E-state index in [1.165, 1.54) is 6.92 Å². The van der Waals surface area contributed by atoms with E-state index in [4.69, 9.17) is 5.73 Å². The molecular weight excluding hydrogens is 301 g/mol. The zero-order valence-electron chi connectivity index (χ0n) is 10.0. The van der Waals surface area contributed by atoms with Crippen LogP contribution in [0.4, 0.5) is 13.2 Å². The lowest BCUT2D eigenvalue weighted by atomic mass is 10.3. The molecule has 108 valence electrons. The molecule has 0 amide bonds. The second kappa shape index (κ2) is 4.44. The van der Waals surface area contributed by atoms with E-state index >= 15 is 0 Å². The van der Waals surface area contributed by atoms with Crippen molar-refractivity contribution >= 4 is 21.4 Å². The standard InChI is InChI=1S/C10H13F3N2O2S2/c1-6-5-18-7(4-14)8(6)19(16,17)15-9(2-3-9)10(11,12)13/h5,15H,2-4,14H2,1H3. The zero-order valence-corrected chi connectivity index (χ0v) is 11.7. The third kappa shape index (κ3) is 2.51. The average Bonchev–Trinajstić information content (AvgIpc) is 2.93. The molecule has 0 bridgehead atoms. The van der Waals surface area contributed by atoms with Crippen LogP contribution in [0.15, 0.2) is 10.3 Å². The first kappa shape index (κ1) is 14.8. The van der Waals surface area contributed by atoms with E-state index in [1.807, 2.05) is 0 Å². The van der Waals surface area contributed by atoms with Crippen molar-refractivity contribution in [3.05, 3.63) is 15.8 Å². The normalized spacial score (nSPS) is 18.6. The van der Waals surface area contributed by atoms with Crippen LogP contribution >= 0.6 is 11.3 Å².